The Morgan fingerprint density at radius 1 is 1.03 bits per heavy atom. The highest BCUT2D eigenvalue weighted by Gasteiger charge is 2.23. The fourth-order valence-corrected chi connectivity index (χ4v) is 3.98. The number of aliphatic hydroxyl groups excluding tert-OH is 1. The van der Waals surface area contributed by atoms with E-state index in [4.69, 9.17) is 5.11 Å². The second-order valence-corrected chi connectivity index (χ2v) is 8.49. The number of rotatable bonds is 8. The Labute approximate surface area is 211 Å². The number of aromatic hydroxyl groups is 1. The minimum Gasteiger partial charge on any atom is -0.505 e. The Bertz CT molecular complexity index is 1520. The molecule has 0 saturated heterocycles. The number of nitrogens with one attached hydrogen (secondary N) is 2. The molecule has 37 heavy (non-hydrogen) atoms. The predicted molar refractivity (Wildman–Crippen MR) is 136 cm³/mol. The second kappa shape index (κ2) is 11.0. The zero-order valence-corrected chi connectivity index (χ0v) is 20.0. The summed E-state index contributed by atoms with van der Waals surface area (Å²) in [6, 6.07) is 14.6. The van der Waals surface area contributed by atoms with E-state index >= 15 is 0 Å². The van der Waals surface area contributed by atoms with E-state index in [0.29, 0.717) is 28.8 Å². The van der Waals surface area contributed by atoms with Crippen LogP contribution in [-0.2, 0) is 17.8 Å². The molecule has 2 heterocycles. The van der Waals surface area contributed by atoms with E-state index in [2.05, 4.69) is 15.6 Å². The molecule has 4 N–H and O–H groups in total. The lowest BCUT2D eigenvalue weighted by atomic mass is 10.0. The van der Waals surface area contributed by atoms with Gasteiger partial charge in [-0.15, -0.1) is 0 Å². The maximum atomic E-state index is 13.5. The monoisotopic (exact) mass is 504 g/mol. The van der Waals surface area contributed by atoms with Crippen LogP contribution in [0.25, 0.3) is 11.0 Å². The minimum absolute atomic E-state index is 0.0535. The molecule has 0 aliphatic carbocycles. The fourth-order valence-electron chi connectivity index (χ4n) is 3.98. The van der Waals surface area contributed by atoms with Gasteiger partial charge in [0.2, 0.25) is 5.91 Å². The van der Waals surface area contributed by atoms with Gasteiger partial charge < -0.3 is 25.4 Å². The van der Waals surface area contributed by atoms with E-state index in [0.717, 1.165) is 5.56 Å². The molecule has 0 aliphatic rings. The average Bonchev–Trinajstić information content (AvgIpc) is 2.87. The van der Waals surface area contributed by atoms with Crippen molar-refractivity contribution in [2.24, 2.45) is 0 Å². The third kappa shape index (κ3) is 5.81. The quantitative estimate of drug-likeness (QED) is 0.292. The summed E-state index contributed by atoms with van der Waals surface area (Å²) < 4.78 is 14.6. The second-order valence-electron chi connectivity index (χ2n) is 8.49. The molecule has 0 spiro atoms. The topological polar surface area (TPSA) is 134 Å². The number of carbonyl (C=O) groups is 2. The SMILES string of the molecule is CC(=O)Nc1ccc(Cn2c(=O)c(C(=O)NCCO)c(O)c3ncc(Cc4ccc(F)cc4)cc32)cc1. The van der Waals surface area contributed by atoms with Gasteiger partial charge in [0.25, 0.3) is 11.5 Å². The van der Waals surface area contributed by atoms with Crippen molar-refractivity contribution in [1.82, 2.24) is 14.9 Å². The summed E-state index contributed by atoms with van der Waals surface area (Å²) in [4.78, 5) is 41.8. The van der Waals surface area contributed by atoms with Crippen LogP contribution in [0, 0.1) is 5.82 Å². The number of benzene rings is 2. The number of hydrogen-bond acceptors (Lipinski definition) is 6. The smallest absolute Gasteiger partial charge is 0.268 e. The summed E-state index contributed by atoms with van der Waals surface area (Å²) >= 11 is 0. The van der Waals surface area contributed by atoms with E-state index in [1.165, 1.54) is 29.8 Å². The van der Waals surface area contributed by atoms with Gasteiger partial charge in [-0.25, -0.2) is 4.39 Å². The Morgan fingerprint density at radius 2 is 1.70 bits per heavy atom. The van der Waals surface area contributed by atoms with Gasteiger partial charge in [0.15, 0.2) is 5.75 Å². The third-order valence-corrected chi connectivity index (χ3v) is 5.70. The molecule has 190 valence electrons. The number of carbonyl (C=O) groups excluding carboxylic acids is 2. The molecule has 0 fully saturated rings. The van der Waals surface area contributed by atoms with Gasteiger partial charge in [0.1, 0.15) is 16.9 Å². The van der Waals surface area contributed by atoms with Crippen molar-refractivity contribution in [3.63, 3.8) is 0 Å². The zero-order valence-electron chi connectivity index (χ0n) is 20.0. The molecule has 0 atom stereocenters. The van der Waals surface area contributed by atoms with Gasteiger partial charge in [0.05, 0.1) is 18.7 Å². The Morgan fingerprint density at radius 3 is 2.35 bits per heavy atom. The van der Waals surface area contributed by atoms with Crippen LogP contribution >= 0.6 is 0 Å². The molecule has 2 aromatic heterocycles. The van der Waals surface area contributed by atoms with E-state index in [1.807, 2.05) is 0 Å². The fraction of sp³-hybridized carbons (Fsp3) is 0.185. The molecule has 0 unspecified atom stereocenters. The van der Waals surface area contributed by atoms with Gasteiger partial charge in [-0.05, 0) is 53.4 Å². The third-order valence-electron chi connectivity index (χ3n) is 5.70. The first-order chi connectivity index (χ1) is 17.8. The molecule has 4 rings (SSSR count). The maximum Gasteiger partial charge on any atom is 0.268 e. The van der Waals surface area contributed by atoms with E-state index < -0.39 is 22.8 Å². The summed E-state index contributed by atoms with van der Waals surface area (Å²) in [6.07, 6.45) is 1.93. The molecule has 4 aromatic rings. The highest BCUT2D eigenvalue weighted by atomic mass is 19.1. The summed E-state index contributed by atoms with van der Waals surface area (Å²) in [5, 5.41) is 25.0. The zero-order chi connectivity index (χ0) is 26.5. The molecule has 0 bridgehead atoms. The highest BCUT2D eigenvalue weighted by Crippen LogP contribution is 2.27. The van der Waals surface area contributed by atoms with Crippen LogP contribution in [0.5, 0.6) is 5.75 Å². The maximum absolute atomic E-state index is 13.5. The molecule has 9 nitrogen and oxygen atoms in total. The van der Waals surface area contributed by atoms with Crippen molar-refractivity contribution in [2.75, 3.05) is 18.5 Å². The Kier molecular flexibility index (Phi) is 7.59. The van der Waals surface area contributed by atoms with Gasteiger partial charge in [0, 0.05) is 25.4 Å². The number of pyridine rings is 2. The first kappa shape index (κ1) is 25.5. The number of hydrogen-bond donors (Lipinski definition) is 4. The number of halogens is 1. The van der Waals surface area contributed by atoms with Crippen molar-refractivity contribution in [1.29, 1.82) is 0 Å². The van der Waals surface area contributed by atoms with Crippen LogP contribution in [0.4, 0.5) is 10.1 Å². The van der Waals surface area contributed by atoms with E-state index in [-0.39, 0.29) is 36.9 Å². The van der Waals surface area contributed by atoms with Crippen LogP contribution in [0.2, 0.25) is 0 Å². The van der Waals surface area contributed by atoms with Crippen LogP contribution < -0.4 is 16.2 Å². The summed E-state index contributed by atoms with van der Waals surface area (Å²) in [5.74, 6) is -1.95. The normalized spacial score (nSPS) is 10.9. The lowest BCUT2D eigenvalue weighted by molar-refractivity contribution is -0.114. The molecular formula is C27H25FN4O5. The number of fused-ring (bicyclic) bond motifs is 1. The summed E-state index contributed by atoms with van der Waals surface area (Å²) in [7, 11) is 0. The van der Waals surface area contributed by atoms with Crippen molar-refractivity contribution in [2.45, 2.75) is 19.9 Å². The van der Waals surface area contributed by atoms with Crippen molar-refractivity contribution in [3.8, 4) is 5.75 Å². The molecule has 2 amide bonds. The first-order valence-corrected chi connectivity index (χ1v) is 11.5. The lowest BCUT2D eigenvalue weighted by Gasteiger charge is -2.16. The minimum atomic E-state index is -0.828. The summed E-state index contributed by atoms with van der Waals surface area (Å²) in [6.45, 7) is 1.03. The first-order valence-electron chi connectivity index (χ1n) is 11.5. The van der Waals surface area contributed by atoms with Gasteiger partial charge in [-0.2, -0.15) is 0 Å². The number of aromatic nitrogens is 2. The van der Waals surface area contributed by atoms with Crippen molar-refractivity contribution >= 4 is 28.5 Å². The largest absolute Gasteiger partial charge is 0.505 e. The van der Waals surface area contributed by atoms with Crippen LogP contribution in [0.1, 0.15) is 34.0 Å². The van der Waals surface area contributed by atoms with Crippen LogP contribution in [0.3, 0.4) is 0 Å². The molecule has 0 saturated carbocycles. The number of amides is 2. The standard InChI is InChI=1S/C27H25FN4O5/c1-16(34)31-21-8-4-18(5-9-21)15-32-22-13-19(12-17-2-6-20(28)7-3-17)14-30-24(22)25(35)23(27(32)37)26(36)29-10-11-33/h2-9,13-14,33,35H,10-12,15H2,1H3,(H,29,36)(H,31,34). The van der Waals surface area contributed by atoms with Crippen LogP contribution in [0.15, 0.2) is 65.6 Å². The molecule has 10 heteroatoms. The average molecular weight is 505 g/mol. The van der Waals surface area contributed by atoms with Gasteiger partial charge in [-0.1, -0.05) is 24.3 Å². The Balaban J connectivity index is 1.82. The molecule has 0 aliphatic heterocycles. The van der Waals surface area contributed by atoms with E-state index in [9.17, 15) is 23.9 Å². The molecular weight excluding hydrogens is 479 g/mol. The van der Waals surface area contributed by atoms with Gasteiger partial charge >= 0.3 is 0 Å². The van der Waals surface area contributed by atoms with Crippen molar-refractivity contribution in [3.05, 3.63) is 99.2 Å². The number of aliphatic hydroxyl groups is 1. The van der Waals surface area contributed by atoms with Crippen molar-refractivity contribution < 1.29 is 24.2 Å². The highest BCUT2D eigenvalue weighted by molar-refractivity contribution is 6.01. The molecule has 2 aromatic carbocycles. The predicted octanol–water partition coefficient (Wildman–Crippen LogP) is 2.56. The molecule has 0 radical (unpaired) electrons. The van der Waals surface area contributed by atoms with E-state index in [1.54, 1.807) is 42.5 Å². The summed E-state index contributed by atoms with van der Waals surface area (Å²) in [5.41, 5.74) is 2.00. The van der Waals surface area contributed by atoms with Gasteiger partial charge in [-0.3, -0.25) is 19.4 Å². The number of nitrogens with zero attached hydrogens (tertiary/aromatic N) is 2. The lowest BCUT2D eigenvalue weighted by Crippen LogP contribution is -2.35. The van der Waals surface area contributed by atoms with Crippen LogP contribution in [-0.4, -0.2) is 44.7 Å². The Hall–Kier alpha value is -4.57. The number of anilines is 1.